The molecule has 0 saturated heterocycles. The molecule has 0 spiro atoms. The van der Waals surface area contributed by atoms with Gasteiger partial charge in [0, 0.05) is 6.54 Å². The first kappa shape index (κ1) is 19.5. The van der Waals surface area contributed by atoms with Crippen LogP contribution >= 0.6 is 25.0 Å². The number of hydrogen-bond donors (Lipinski definition) is 1. The van der Waals surface area contributed by atoms with Gasteiger partial charge in [0.1, 0.15) is 0 Å². The number of hydrogen-bond acceptors (Lipinski definition) is 2. The molecule has 1 saturated carbocycles. The van der Waals surface area contributed by atoms with Crippen LogP contribution in [0.5, 0.6) is 0 Å². The normalized spacial score (nSPS) is 16.5. The molecule has 1 aromatic carbocycles. The highest BCUT2D eigenvalue weighted by atomic mass is 35.5. The Morgan fingerprint density at radius 1 is 1.18 bits per heavy atom. The number of likely N-dealkylation sites (N-methyl/N-ethyl adjacent to an activating group) is 1. The van der Waals surface area contributed by atoms with E-state index in [-0.39, 0.29) is 22.9 Å². The van der Waals surface area contributed by atoms with Crippen LogP contribution in [0.15, 0.2) is 24.3 Å². The Bertz CT molecular complexity index is 482. The molecule has 0 amide bonds. The van der Waals surface area contributed by atoms with Gasteiger partial charge in [-0.2, -0.15) is 0 Å². The van der Waals surface area contributed by atoms with E-state index in [1.54, 1.807) is 0 Å². The molecule has 0 aliphatic heterocycles. The number of nitrogens with zero attached hydrogens (tertiary/aromatic N) is 1. The van der Waals surface area contributed by atoms with Gasteiger partial charge in [-0.1, -0.05) is 51.0 Å². The molecule has 0 heterocycles. The van der Waals surface area contributed by atoms with Gasteiger partial charge in [-0.25, -0.2) is 0 Å². The minimum Gasteiger partial charge on any atom is -0.304 e. The van der Waals surface area contributed by atoms with Crippen molar-refractivity contribution in [1.29, 1.82) is 0 Å². The summed E-state index contributed by atoms with van der Waals surface area (Å²) in [5, 5.41) is 0.0512. The van der Waals surface area contributed by atoms with Crippen molar-refractivity contribution >= 4 is 30.2 Å². The fourth-order valence-electron chi connectivity index (χ4n) is 3.60. The highest BCUT2D eigenvalue weighted by Gasteiger charge is 2.41. The first-order chi connectivity index (χ1) is 10.1. The Morgan fingerprint density at radius 2 is 1.77 bits per heavy atom. The molecule has 22 heavy (non-hydrogen) atoms. The average molecular weight is 342 g/mol. The van der Waals surface area contributed by atoms with Gasteiger partial charge >= 0.3 is 0 Å². The van der Waals surface area contributed by atoms with Crippen molar-refractivity contribution in [2.24, 2.45) is 0 Å². The molecule has 2 rings (SSSR count). The summed E-state index contributed by atoms with van der Waals surface area (Å²) in [4.78, 5) is 14.7. The summed E-state index contributed by atoms with van der Waals surface area (Å²) in [7, 11) is 0. The largest absolute Gasteiger partial charge is 0.304 e. The zero-order valence-corrected chi connectivity index (χ0v) is 15.4. The van der Waals surface area contributed by atoms with E-state index in [1.165, 1.54) is 11.1 Å². The van der Waals surface area contributed by atoms with Gasteiger partial charge in [0.05, 0.1) is 5.41 Å². The van der Waals surface area contributed by atoms with E-state index < -0.39 is 0 Å². The fourth-order valence-corrected chi connectivity index (χ4v) is 3.94. The number of carbonyl (C=O) groups excluding carboxylic acids is 1. The molecular formula is C18H28ClNOS. The van der Waals surface area contributed by atoms with Gasteiger partial charge < -0.3 is 4.90 Å². The molecule has 0 atom stereocenters. The summed E-state index contributed by atoms with van der Waals surface area (Å²) in [6.45, 7) is 7.61. The van der Waals surface area contributed by atoms with Crippen LogP contribution in [0.2, 0.25) is 0 Å². The Balaban J connectivity index is 0.00000242. The fraction of sp³-hybridized carbons (Fsp3) is 0.611. The van der Waals surface area contributed by atoms with Gasteiger partial charge in [0.25, 0.3) is 0 Å². The van der Waals surface area contributed by atoms with Crippen molar-refractivity contribution in [2.45, 2.75) is 51.4 Å². The molecule has 1 aliphatic carbocycles. The minimum absolute atomic E-state index is 0. The molecule has 1 aromatic rings. The Hall–Kier alpha value is -0.510. The maximum absolute atomic E-state index is 12.2. The lowest BCUT2D eigenvalue weighted by Crippen LogP contribution is -2.32. The Morgan fingerprint density at radius 3 is 2.32 bits per heavy atom. The standard InChI is InChI=1S/C18H27NOS.ClH/c1-3-19(4-2)14-11-15-9-5-6-10-16(15)18(17(20)21)12-7-8-13-18;/h5-6,9-10H,3-4,7-8,11-14H2,1-2H3,(H,20,21);1H. The molecule has 0 unspecified atom stereocenters. The summed E-state index contributed by atoms with van der Waals surface area (Å²) in [5.41, 5.74) is 2.23. The van der Waals surface area contributed by atoms with E-state index >= 15 is 0 Å². The summed E-state index contributed by atoms with van der Waals surface area (Å²) >= 11 is 4.23. The van der Waals surface area contributed by atoms with Crippen LogP contribution in [0.25, 0.3) is 0 Å². The molecule has 2 nitrogen and oxygen atoms in total. The van der Waals surface area contributed by atoms with Crippen molar-refractivity contribution in [3.05, 3.63) is 35.4 Å². The smallest absolute Gasteiger partial charge is 0.196 e. The van der Waals surface area contributed by atoms with Crippen LogP contribution in [-0.4, -0.2) is 29.6 Å². The predicted octanol–water partition coefficient (Wildman–Crippen LogP) is 4.26. The summed E-state index contributed by atoms with van der Waals surface area (Å²) in [6.07, 6.45) is 5.20. The second-order valence-corrected chi connectivity index (χ2v) is 6.43. The zero-order valence-electron chi connectivity index (χ0n) is 13.7. The van der Waals surface area contributed by atoms with E-state index in [0.29, 0.717) is 0 Å². The van der Waals surface area contributed by atoms with Crippen LogP contribution in [0.4, 0.5) is 0 Å². The molecule has 124 valence electrons. The number of thiol groups is 1. The Kier molecular flexibility index (Phi) is 7.95. The SMILES string of the molecule is CCN(CC)CCc1ccccc1C1(C(=O)S)CCCC1.Cl. The quantitative estimate of drug-likeness (QED) is 0.748. The van der Waals surface area contributed by atoms with E-state index in [0.717, 1.165) is 51.7 Å². The molecule has 1 fully saturated rings. The third-order valence-corrected chi connectivity index (χ3v) is 5.42. The van der Waals surface area contributed by atoms with Crippen LogP contribution in [0, 0.1) is 0 Å². The van der Waals surface area contributed by atoms with Crippen LogP contribution in [0.1, 0.15) is 50.7 Å². The number of carbonyl (C=O) groups is 1. The molecule has 1 aliphatic rings. The van der Waals surface area contributed by atoms with Crippen LogP contribution in [0.3, 0.4) is 0 Å². The van der Waals surface area contributed by atoms with Gasteiger partial charge in [0.15, 0.2) is 5.12 Å². The molecule has 0 N–H and O–H groups in total. The monoisotopic (exact) mass is 341 g/mol. The number of benzene rings is 1. The van der Waals surface area contributed by atoms with Gasteiger partial charge in [-0.3, -0.25) is 4.79 Å². The first-order valence-corrected chi connectivity index (χ1v) is 8.63. The first-order valence-electron chi connectivity index (χ1n) is 8.18. The van der Waals surface area contributed by atoms with E-state index in [9.17, 15) is 4.79 Å². The van der Waals surface area contributed by atoms with Crippen molar-refractivity contribution in [3.63, 3.8) is 0 Å². The molecule has 4 heteroatoms. The second kappa shape index (κ2) is 8.95. The van der Waals surface area contributed by atoms with Crippen molar-refractivity contribution < 1.29 is 4.79 Å². The van der Waals surface area contributed by atoms with E-state index in [1.807, 2.05) is 0 Å². The topological polar surface area (TPSA) is 20.3 Å². The summed E-state index contributed by atoms with van der Waals surface area (Å²) in [5.74, 6) is 0. The van der Waals surface area contributed by atoms with Crippen LogP contribution in [-0.2, 0) is 16.6 Å². The summed E-state index contributed by atoms with van der Waals surface area (Å²) in [6, 6.07) is 8.49. The lowest BCUT2D eigenvalue weighted by molar-refractivity contribution is -0.115. The average Bonchev–Trinajstić information content (AvgIpc) is 2.99. The zero-order chi connectivity index (χ0) is 15.3. The highest BCUT2D eigenvalue weighted by molar-refractivity contribution is 7.96. The third kappa shape index (κ3) is 4.06. The Labute approximate surface area is 146 Å². The lowest BCUT2D eigenvalue weighted by atomic mass is 9.77. The maximum Gasteiger partial charge on any atom is 0.196 e. The van der Waals surface area contributed by atoms with Crippen LogP contribution < -0.4 is 0 Å². The van der Waals surface area contributed by atoms with Crippen molar-refractivity contribution in [2.75, 3.05) is 19.6 Å². The van der Waals surface area contributed by atoms with Gasteiger partial charge in [-0.15, -0.1) is 25.0 Å². The molecule has 0 radical (unpaired) electrons. The van der Waals surface area contributed by atoms with Gasteiger partial charge in [-0.05, 0) is 43.5 Å². The predicted molar refractivity (Wildman–Crippen MR) is 99.3 cm³/mol. The van der Waals surface area contributed by atoms with E-state index in [4.69, 9.17) is 0 Å². The van der Waals surface area contributed by atoms with Gasteiger partial charge in [0.2, 0.25) is 0 Å². The summed E-state index contributed by atoms with van der Waals surface area (Å²) < 4.78 is 0. The second-order valence-electron chi connectivity index (χ2n) is 6.03. The van der Waals surface area contributed by atoms with E-state index in [2.05, 4.69) is 55.6 Å². The van der Waals surface area contributed by atoms with Crippen molar-refractivity contribution in [1.82, 2.24) is 4.90 Å². The minimum atomic E-state index is -0.330. The highest BCUT2D eigenvalue weighted by Crippen LogP contribution is 2.44. The molecule has 0 aromatic heterocycles. The molecule has 0 bridgehead atoms. The number of rotatable bonds is 7. The lowest BCUT2D eigenvalue weighted by Gasteiger charge is -2.29. The van der Waals surface area contributed by atoms with Crippen molar-refractivity contribution in [3.8, 4) is 0 Å². The third-order valence-electron chi connectivity index (χ3n) is 4.99. The molecular weight excluding hydrogens is 314 g/mol. The maximum atomic E-state index is 12.2. The number of halogens is 1.